The molecule has 1 fully saturated rings. The molecule has 8 nitrogen and oxygen atoms in total. The van der Waals surface area contributed by atoms with Gasteiger partial charge in [-0.25, -0.2) is 0 Å². The van der Waals surface area contributed by atoms with Crippen LogP contribution in [0.1, 0.15) is 18.7 Å². The minimum atomic E-state index is -4.78. The van der Waals surface area contributed by atoms with E-state index < -0.39 is 15.7 Å². The minimum absolute atomic E-state index is 0.0152. The summed E-state index contributed by atoms with van der Waals surface area (Å²) in [7, 11) is 0. The molecule has 4 N–H and O–H groups in total. The van der Waals surface area contributed by atoms with E-state index in [-0.39, 0.29) is 23.5 Å². The second-order valence-electron chi connectivity index (χ2n) is 6.83. The molecule has 14 heteroatoms. The molecule has 170 valence electrons. The third kappa shape index (κ3) is 7.39. The van der Waals surface area contributed by atoms with E-state index in [1.54, 1.807) is 0 Å². The Morgan fingerprint density at radius 2 is 1.65 bits per heavy atom. The highest BCUT2D eigenvalue weighted by atomic mass is 35.6. The normalized spacial score (nSPS) is 16.6. The molecular weight excluding hydrogens is 484 g/mol. The van der Waals surface area contributed by atoms with Gasteiger partial charge in [0.25, 0.3) is 0 Å². The predicted octanol–water partition coefficient (Wildman–Crippen LogP) is 4.26. The van der Waals surface area contributed by atoms with E-state index in [1.165, 1.54) is 12.1 Å². The number of hydrogen-bond donors (Lipinski definition) is 3. The van der Waals surface area contributed by atoms with Gasteiger partial charge in [0.15, 0.2) is 5.82 Å². The number of benzene rings is 1. The molecule has 0 atom stereocenters. The molecule has 0 amide bonds. The summed E-state index contributed by atoms with van der Waals surface area (Å²) >= 11 is 17.8. The SMILES string of the molecule is NC1(CNc2nc(Nc3ccc(OC(F)(F)F)cc3)nc(C(Cl)(Cl)Cl)n2)CCOCC1. The van der Waals surface area contributed by atoms with Crippen LogP contribution in [0.3, 0.4) is 0 Å². The zero-order valence-electron chi connectivity index (χ0n) is 15.8. The zero-order valence-corrected chi connectivity index (χ0v) is 18.1. The molecule has 1 aliphatic rings. The Labute approximate surface area is 190 Å². The van der Waals surface area contributed by atoms with Crippen molar-refractivity contribution in [2.24, 2.45) is 5.73 Å². The lowest BCUT2D eigenvalue weighted by molar-refractivity contribution is -0.274. The molecule has 1 aromatic heterocycles. The van der Waals surface area contributed by atoms with E-state index in [2.05, 4.69) is 30.3 Å². The summed E-state index contributed by atoms with van der Waals surface area (Å²) in [6.07, 6.45) is -3.48. The Hall–Kier alpha value is -1.79. The van der Waals surface area contributed by atoms with E-state index in [0.29, 0.717) is 38.3 Å². The predicted molar refractivity (Wildman–Crippen MR) is 111 cm³/mol. The number of alkyl halides is 6. The lowest BCUT2D eigenvalue weighted by atomic mass is 9.91. The number of nitrogens with two attached hydrogens (primary N) is 1. The van der Waals surface area contributed by atoms with Crippen LogP contribution in [0.15, 0.2) is 24.3 Å². The van der Waals surface area contributed by atoms with Crippen molar-refractivity contribution < 1.29 is 22.6 Å². The fraction of sp³-hybridized carbons (Fsp3) is 0.471. The molecule has 2 aromatic rings. The standard InChI is InChI=1S/C17H18Cl3F3N6O2/c18-16(19,20)12-27-13(25-9-15(24)5-7-30-8-6-15)29-14(28-12)26-10-1-3-11(4-2-10)31-17(21,22)23/h1-4H,5-9,24H2,(H2,25,26,27,28,29). The first-order valence-electron chi connectivity index (χ1n) is 8.99. The molecule has 0 unspecified atom stereocenters. The Morgan fingerprint density at radius 3 is 2.23 bits per heavy atom. The molecular formula is C17H18Cl3F3N6O2. The van der Waals surface area contributed by atoms with Crippen molar-refractivity contribution in [2.45, 2.75) is 28.5 Å². The average molecular weight is 502 g/mol. The van der Waals surface area contributed by atoms with Gasteiger partial charge >= 0.3 is 6.36 Å². The highest BCUT2D eigenvalue weighted by molar-refractivity contribution is 6.66. The van der Waals surface area contributed by atoms with Crippen molar-refractivity contribution in [3.8, 4) is 5.75 Å². The van der Waals surface area contributed by atoms with Gasteiger partial charge in [0.05, 0.1) is 0 Å². The molecule has 0 aliphatic carbocycles. The number of ether oxygens (including phenoxy) is 2. The van der Waals surface area contributed by atoms with Crippen molar-refractivity contribution in [2.75, 3.05) is 30.4 Å². The van der Waals surface area contributed by atoms with E-state index >= 15 is 0 Å². The van der Waals surface area contributed by atoms with Crippen LogP contribution in [-0.2, 0) is 8.53 Å². The first-order valence-corrected chi connectivity index (χ1v) is 10.1. The fourth-order valence-corrected chi connectivity index (χ4v) is 2.97. The highest BCUT2D eigenvalue weighted by Gasteiger charge is 2.32. The van der Waals surface area contributed by atoms with Crippen LogP contribution in [0, 0.1) is 0 Å². The average Bonchev–Trinajstić information content (AvgIpc) is 2.67. The molecule has 2 heterocycles. The summed E-state index contributed by atoms with van der Waals surface area (Å²) in [5.41, 5.74) is 6.22. The van der Waals surface area contributed by atoms with Crippen LogP contribution >= 0.6 is 34.8 Å². The highest BCUT2D eigenvalue weighted by Crippen LogP contribution is 2.36. The monoisotopic (exact) mass is 500 g/mol. The second-order valence-corrected chi connectivity index (χ2v) is 9.11. The molecule has 0 spiro atoms. The third-order valence-corrected chi connectivity index (χ3v) is 4.83. The van der Waals surface area contributed by atoms with E-state index in [1.807, 2.05) is 0 Å². The van der Waals surface area contributed by atoms with E-state index in [9.17, 15) is 13.2 Å². The lowest BCUT2D eigenvalue weighted by Crippen LogP contribution is -2.50. The van der Waals surface area contributed by atoms with E-state index in [0.717, 1.165) is 12.1 Å². The van der Waals surface area contributed by atoms with Crippen molar-refractivity contribution in [1.29, 1.82) is 0 Å². The van der Waals surface area contributed by atoms with Crippen molar-refractivity contribution in [3.63, 3.8) is 0 Å². The van der Waals surface area contributed by atoms with Crippen molar-refractivity contribution >= 4 is 52.4 Å². The fourth-order valence-electron chi connectivity index (χ4n) is 2.72. The number of hydrogen-bond acceptors (Lipinski definition) is 8. The zero-order chi connectivity index (χ0) is 22.7. The molecule has 0 bridgehead atoms. The van der Waals surface area contributed by atoms with Crippen LogP contribution in [0.5, 0.6) is 5.75 Å². The van der Waals surface area contributed by atoms with Crippen LogP contribution < -0.4 is 21.1 Å². The molecule has 0 radical (unpaired) electrons. The second kappa shape index (κ2) is 9.37. The summed E-state index contributed by atoms with van der Waals surface area (Å²) in [5.74, 6) is -0.385. The first-order chi connectivity index (χ1) is 14.4. The van der Waals surface area contributed by atoms with Crippen molar-refractivity contribution in [1.82, 2.24) is 15.0 Å². The molecule has 1 saturated heterocycles. The van der Waals surface area contributed by atoms with Gasteiger partial charge < -0.3 is 25.8 Å². The maximum absolute atomic E-state index is 12.3. The minimum Gasteiger partial charge on any atom is -0.406 e. The summed E-state index contributed by atoms with van der Waals surface area (Å²) in [6.45, 7) is 1.45. The summed E-state index contributed by atoms with van der Waals surface area (Å²) in [4.78, 5) is 12.4. The smallest absolute Gasteiger partial charge is 0.406 e. The number of aromatic nitrogens is 3. The van der Waals surface area contributed by atoms with Crippen LogP contribution in [0.4, 0.5) is 30.8 Å². The van der Waals surface area contributed by atoms with Gasteiger partial charge in [-0.05, 0) is 37.1 Å². The van der Waals surface area contributed by atoms with E-state index in [4.69, 9.17) is 45.3 Å². The van der Waals surface area contributed by atoms with Crippen LogP contribution in [0.25, 0.3) is 0 Å². The van der Waals surface area contributed by atoms with Gasteiger partial charge in [-0.2, -0.15) is 15.0 Å². The number of rotatable bonds is 6. The van der Waals surface area contributed by atoms with Gasteiger partial charge in [0.2, 0.25) is 15.7 Å². The summed E-state index contributed by atoms with van der Waals surface area (Å²) in [6, 6.07) is 4.97. The number of nitrogens with zero attached hydrogens (tertiary/aromatic N) is 3. The maximum atomic E-state index is 12.3. The molecule has 1 aliphatic heterocycles. The van der Waals surface area contributed by atoms with Crippen LogP contribution in [-0.4, -0.2) is 46.6 Å². The van der Waals surface area contributed by atoms with Gasteiger partial charge in [-0.3, -0.25) is 0 Å². The Balaban J connectivity index is 1.77. The molecule has 31 heavy (non-hydrogen) atoms. The third-order valence-electron chi connectivity index (χ3n) is 4.32. The first kappa shape index (κ1) is 23.9. The number of anilines is 3. The van der Waals surface area contributed by atoms with Gasteiger partial charge in [-0.1, -0.05) is 34.8 Å². The summed E-state index contributed by atoms with van der Waals surface area (Å²) in [5, 5.41) is 5.85. The topological polar surface area (TPSA) is 107 Å². The summed E-state index contributed by atoms with van der Waals surface area (Å²) < 4.78 is 44.1. The lowest BCUT2D eigenvalue weighted by Gasteiger charge is -2.33. The Bertz CT molecular complexity index is 890. The molecule has 3 rings (SSSR count). The van der Waals surface area contributed by atoms with Crippen molar-refractivity contribution in [3.05, 3.63) is 30.1 Å². The quantitative estimate of drug-likeness (QED) is 0.504. The number of nitrogens with one attached hydrogen (secondary N) is 2. The Morgan fingerprint density at radius 1 is 1.03 bits per heavy atom. The largest absolute Gasteiger partial charge is 0.573 e. The molecule has 0 saturated carbocycles. The van der Waals surface area contributed by atoms with Gasteiger partial charge in [0, 0.05) is 31.0 Å². The van der Waals surface area contributed by atoms with Gasteiger partial charge in [0.1, 0.15) is 5.75 Å². The van der Waals surface area contributed by atoms with Crippen LogP contribution in [0.2, 0.25) is 0 Å². The number of halogens is 6. The maximum Gasteiger partial charge on any atom is 0.573 e. The van der Waals surface area contributed by atoms with Gasteiger partial charge in [-0.15, -0.1) is 13.2 Å². The Kier molecular flexibility index (Phi) is 7.21. The molecule has 1 aromatic carbocycles.